The van der Waals surface area contributed by atoms with E-state index in [-0.39, 0.29) is 0 Å². The molecule has 0 amide bonds. The van der Waals surface area contributed by atoms with E-state index in [0.717, 1.165) is 11.3 Å². The third kappa shape index (κ3) is 3.17. The molecule has 2 rings (SSSR count). The number of carbonyl (C=O) groups is 1. The van der Waals surface area contributed by atoms with E-state index in [1.54, 1.807) is 6.20 Å². The third-order valence-electron chi connectivity index (χ3n) is 2.92. The second kappa shape index (κ2) is 5.96. The molecule has 0 radical (unpaired) electrons. The van der Waals surface area contributed by atoms with E-state index < -0.39 is 11.9 Å². The molecule has 1 aromatic heterocycles. The minimum atomic E-state index is -0.780. The van der Waals surface area contributed by atoms with Crippen molar-refractivity contribution in [3.8, 4) is 0 Å². The molecular weight excluding hydrogens is 226 g/mol. The Kier molecular flexibility index (Phi) is 4.07. The van der Waals surface area contributed by atoms with E-state index in [2.05, 4.69) is 4.98 Å². The number of aryl methyl sites for hydroxylation is 1. The number of pyridine rings is 1. The van der Waals surface area contributed by atoms with Crippen molar-refractivity contribution >= 4 is 5.97 Å². The van der Waals surface area contributed by atoms with Crippen molar-refractivity contribution in [1.29, 1.82) is 0 Å². The van der Waals surface area contributed by atoms with Crippen LogP contribution in [0.5, 0.6) is 0 Å². The van der Waals surface area contributed by atoms with E-state index >= 15 is 0 Å². The van der Waals surface area contributed by atoms with Crippen LogP contribution in [0.15, 0.2) is 54.7 Å². The topological polar surface area (TPSA) is 50.2 Å². The quantitative estimate of drug-likeness (QED) is 0.875. The first-order chi connectivity index (χ1) is 8.77. The van der Waals surface area contributed by atoms with Crippen LogP contribution < -0.4 is 0 Å². The number of rotatable bonds is 5. The van der Waals surface area contributed by atoms with Crippen molar-refractivity contribution in [3.63, 3.8) is 0 Å². The largest absolute Gasteiger partial charge is 0.481 e. The third-order valence-corrected chi connectivity index (χ3v) is 2.92. The fourth-order valence-electron chi connectivity index (χ4n) is 1.96. The summed E-state index contributed by atoms with van der Waals surface area (Å²) in [5.41, 5.74) is 1.78. The summed E-state index contributed by atoms with van der Waals surface area (Å²) in [4.78, 5) is 15.5. The predicted molar refractivity (Wildman–Crippen MR) is 69.4 cm³/mol. The van der Waals surface area contributed by atoms with E-state index in [0.29, 0.717) is 12.8 Å². The zero-order chi connectivity index (χ0) is 12.8. The molecule has 2 aromatic rings. The summed E-state index contributed by atoms with van der Waals surface area (Å²) in [7, 11) is 0. The molecule has 0 aliphatic heterocycles. The van der Waals surface area contributed by atoms with Crippen molar-refractivity contribution in [3.05, 3.63) is 66.0 Å². The number of nitrogens with zero attached hydrogens (tertiary/aromatic N) is 1. The highest BCUT2D eigenvalue weighted by Gasteiger charge is 2.19. The van der Waals surface area contributed by atoms with Crippen LogP contribution in [0.3, 0.4) is 0 Å². The second-order valence-corrected chi connectivity index (χ2v) is 4.16. The van der Waals surface area contributed by atoms with Gasteiger partial charge in [0.05, 0.1) is 5.92 Å². The highest BCUT2D eigenvalue weighted by molar-refractivity contribution is 5.76. The summed E-state index contributed by atoms with van der Waals surface area (Å²) in [5.74, 6) is -1.25. The molecule has 1 N–H and O–H groups in total. The number of carboxylic acids is 1. The van der Waals surface area contributed by atoms with Gasteiger partial charge in [-0.3, -0.25) is 9.78 Å². The number of hydrogen-bond donors (Lipinski definition) is 1. The Morgan fingerprint density at radius 2 is 1.83 bits per heavy atom. The number of carboxylic acid groups (broad SMARTS) is 1. The molecule has 0 bridgehead atoms. The molecule has 0 aliphatic rings. The van der Waals surface area contributed by atoms with Crippen molar-refractivity contribution in [2.75, 3.05) is 0 Å². The Labute approximate surface area is 106 Å². The minimum absolute atomic E-state index is 0.465. The molecule has 0 aliphatic carbocycles. The molecule has 3 heteroatoms. The van der Waals surface area contributed by atoms with Crippen molar-refractivity contribution in [1.82, 2.24) is 4.98 Å². The Balaban J connectivity index is 2.06. The first kappa shape index (κ1) is 12.3. The minimum Gasteiger partial charge on any atom is -0.481 e. The highest BCUT2D eigenvalue weighted by Crippen LogP contribution is 2.21. The zero-order valence-electron chi connectivity index (χ0n) is 9.99. The second-order valence-electron chi connectivity index (χ2n) is 4.16. The van der Waals surface area contributed by atoms with Gasteiger partial charge in [0.15, 0.2) is 0 Å². The number of aliphatic carboxylic acids is 1. The SMILES string of the molecule is O=C(O)[C@H](CCc1ccccn1)c1ccccc1. The van der Waals surface area contributed by atoms with Crippen LogP contribution in [0, 0.1) is 0 Å². The maximum atomic E-state index is 11.3. The monoisotopic (exact) mass is 241 g/mol. The fraction of sp³-hybridized carbons (Fsp3) is 0.200. The van der Waals surface area contributed by atoms with Crippen LogP contribution in [0.2, 0.25) is 0 Å². The first-order valence-electron chi connectivity index (χ1n) is 5.95. The Morgan fingerprint density at radius 1 is 1.11 bits per heavy atom. The maximum absolute atomic E-state index is 11.3. The fourth-order valence-corrected chi connectivity index (χ4v) is 1.96. The Morgan fingerprint density at radius 3 is 2.44 bits per heavy atom. The van der Waals surface area contributed by atoms with Gasteiger partial charge in [-0.1, -0.05) is 36.4 Å². The maximum Gasteiger partial charge on any atom is 0.310 e. The van der Waals surface area contributed by atoms with Crippen molar-refractivity contribution in [2.24, 2.45) is 0 Å². The lowest BCUT2D eigenvalue weighted by molar-refractivity contribution is -0.138. The van der Waals surface area contributed by atoms with E-state index in [9.17, 15) is 9.90 Å². The predicted octanol–water partition coefficient (Wildman–Crippen LogP) is 2.88. The summed E-state index contributed by atoms with van der Waals surface area (Å²) >= 11 is 0. The van der Waals surface area contributed by atoms with E-state index in [4.69, 9.17) is 0 Å². The van der Waals surface area contributed by atoms with E-state index in [1.165, 1.54) is 0 Å². The number of aromatic nitrogens is 1. The van der Waals surface area contributed by atoms with Crippen molar-refractivity contribution in [2.45, 2.75) is 18.8 Å². The van der Waals surface area contributed by atoms with Gasteiger partial charge >= 0.3 is 5.97 Å². The molecule has 0 saturated heterocycles. The van der Waals surface area contributed by atoms with E-state index in [1.807, 2.05) is 48.5 Å². The lowest BCUT2D eigenvalue weighted by Crippen LogP contribution is -2.12. The summed E-state index contributed by atoms with van der Waals surface area (Å²) in [6.45, 7) is 0. The molecule has 0 saturated carbocycles. The van der Waals surface area contributed by atoms with Crippen LogP contribution in [0.25, 0.3) is 0 Å². The van der Waals surface area contributed by atoms with Gasteiger partial charge in [-0.25, -0.2) is 0 Å². The van der Waals surface area contributed by atoms with Gasteiger partial charge in [-0.15, -0.1) is 0 Å². The molecule has 1 heterocycles. The van der Waals surface area contributed by atoms with Crippen LogP contribution in [-0.4, -0.2) is 16.1 Å². The molecule has 0 spiro atoms. The lowest BCUT2D eigenvalue weighted by Gasteiger charge is -2.12. The summed E-state index contributed by atoms with van der Waals surface area (Å²) in [6.07, 6.45) is 2.97. The highest BCUT2D eigenvalue weighted by atomic mass is 16.4. The first-order valence-corrected chi connectivity index (χ1v) is 5.95. The molecule has 0 fully saturated rings. The summed E-state index contributed by atoms with van der Waals surface area (Å²) in [6, 6.07) is 15.0. The van der Waals surface area contributed by atoms with Crippen LogP contribution in [0.4, 0.5) is 0 Å². The molecule has 1 atom stereocenters. The number of benzene rings is 1. The van der Waals surface area contributed by atoms with Gasteiger partial charge in [-0.2, -0.15) is 0 Å². The molecule has 92 valence electrons. The molecule has 3 nitrogen and oxygen atoms in total. The standard InChI is InChI=1S/C15H15NO2/c17-15(18)14(12-6-2-1-3-7-12)10-9-13-8-4-5-11-16-13/h1-8,11,14H,9-10H2,(H,17,18)/t14-/m1/s1. The van der Waals surface area contributed by atoms with Crippen LogP contribution in [-0.2, 0) is 11.2 Å². The number of hydrogen-bond acceptors (Lipinski definition) is 2. The van der Waals surface area contributed by atoms with Crippen molar-refractivity contribution < 1.29 is 9.90 Å². The van der Waals surface area contributed by atoms with Gasteiger partial charge < -0.3 is 5.11 Å². The van der Waals surface area contributed by atoms with Gasteiger partial charge in [0, 0.05) is 11.9 Å². The van der Waals surface area contributed by atoms with Crippen LogP contribution >= 0.6 is 0 Å². The molecular formula is C15H15NO2. The average Bonchev–Trinajstić information content (AvgIpc) is 2.41. The Bertz CT molecular complexity index is 496. The molecule has 0 unspecified atom stereocenters. The lowest BCUT2D eigenvalue weighted by atomic mass is 9.93. The molecule has 1 aromatic carbocycles. The van der Waals surface area contributed by atoms with Gasteiger partial charge in [0.1, 0.15) is 0 Å². The smallest absolute Gasteiger partial charge is 0.310 e. The van der Waals surface area contributed by atoms with Gasteiger partial charge in [0.2, 0.25) is 0 Å². The van der Waals surface area contributed by atoms with Crippen LogP contribution in [0.1, 0.15) is 23.6 Å². The Hall–Kier alpha value is -2.16. The summed E-state index contributed by atoms with van der Waals surface area (Å²) in [5, 5.41) is 9.28. The summed E-state index contributed by atoms with van der Waals surface area (Å²) < 4.78 is 0. The van der Waals surface area contributed by atoms with Gasteiger partial charge in [-0.05, 0) is 30.5 Å². The van der Waals surface area contributed by atoms with Gasteiger partial charge in [0.25, 0.3) is 0 Å². The zero-order valence-corrected chi connectivity index (χ0v) is 9.99. The normalized spacial score (nSPS) is 12.0. The average molecular weight is 241 g/mol. The molecule has 18 heavy (non-hydrogen) atoms.